The van der Waals surface area contributed by atoms with Gasteiger partial charge >= 0.3 is 0 Å². The Labute approximate surface area is 143 Å². The van der Waals surface area contributed by atoms with Crippen molar-refractivity contribution in [2.24, 2.45) is 0 Å². The first-order valence-electron chi connectivity index (χ1n) is 8.16. The summed E-state index contributed by atoms with van der Waals surface area (Å²) < 4.78 is 0. The van der Waals surface area contributed by atoms with Crippen molar-refractivity contribution in [2.75, 3.05) is 23.3 Å². The maximum Gasteiger partial charge on any atom is 0.241 e. The molecular formula is C17H24ClN3O2. The number of halogens is 1. The molecule has 1 aromatic carbocycles. The van der Waals surface area contributed by atoms with Crippen LogP contribution in [0.3, 0.4) is 0 Å². The van der Waals surface area contributed by atoms with E-state index in [0.717, 1.165) is 55.7 Å². The summed E-state index contributed by atoms with van der Waals surface area (Å²) in [6, 6.07) is 5.79. The molecule has 0 aliphatic carbocycles. The fraction of sp³-hybridized carbons (Fsp3) is 0.529. The molecule has 1 atom stereocenters. The minimum Gasteiger partial charge on any atom is -0.325 e. The van der Waals surface area contributed by atoms with Crippen LogP contribution in [0.2, 0.25) is 0 Å². The van der Waals surface area contributed by atoms with E-state index < -0.39 is 0 Å². The van der Waals surface area contributed by atoms with Crippen molar-refractivity contribution >= 4 is 35.6 Å². The van der Waals surface area contributed by atoms with E-state index in [1.54, 1.807) is 0 Å². The van der Waals surface area contributed by atoms with Gasteiger partial charge in [0.25, 0.3) is 0 Å². The molecule has 1 aromatic rings. The Kier molecular flexibility index (Phi) is 6.02. The normalized spacial score (nSPS) is 20.0. The van der Waals surface area contributed by atoms with Gasteiger partial charge in [-0.1, -0.05) is 6.92 Å². The molecule has 2 aliphatic heterocycles. The summed E-state index contributed by atoms with van der Waals surface area (Å²) in [5.41, 5.74) is 2.96. The summed E-state index contributed by atoms with van der Waals surface area (Å²) in [5.74, 6) is 0.232. The average Bonchev–Trinajstić information content (AvgIpc) is 3.05. The first-order chi connectivity index (χ1) is 10.7. The number of amides is 2. The van der Waals surface area contributed by atoms with Crippen LogP contribution in [-0.4, -0.2) is 30.9 Å². The highest BCUT2D eigenvalue weighted by Gasteiger charge is 2.25. The van der Waals surface area contributed by atoms with Gasteiger partial charge in [0.15, 0.2) is 0 Å². The highest BCUT2D eigenvalue weighted by atomic mass is 35.5. The number of fused-ring (bicyclic) bond motifs is 1. The maximum atomic E-state index is 12.2. The third-order valence-corrected chi connectivity index (χ3v) is 4.37. The molecule has 126 valence electrons. The van der Waals surface area contributed by atoms with Crippen molar-refractivity contribution in [3.63, 3.8) is 0 Å². The van der Waals surface area contributed by atoms with Crippen molar-refractivity contribution in [1.29, 1.82) is 0 Å². The first-order valence-corrected chi connectivity index (χ1v) is 8.16. The number of aryl methyl sites for hydroxylation is 1. The number of rotatable bonds is 4. The number of hydrogen-bond donors (Lipinski definition) is 2. The van der Waals surface area contributed by atoms with Crippen LogP contribution in [0.5, 0.6) is 0 Å². The lowest BCUT2D eigenvalue weighted by molar-refractivity contribution is -0.119. The molecule has 0 radical (unpaired) electrons. The number of carbonyl (C=O) groups excluding carboxylic acids is 2. The van der Waals surface area contributed by atoms with E-state index in [1.165, 1.54) is 0 Å². The van der Waals surface area contributed by atoms with E-state index in [-0.39, 0.29) is 30.3 Å². The molecular weight excluding hydrogens is 314 g/mol. The zero-order valence-corrected chi connectivity index (χ0v) is 14.2. The molecule has 5 nitrogen and oxygen atoms in total. The van der Waals surface area contributed by atoms with Gasteiger partial charge in [0.1, 0.15) is 0 Å². The van der Waals surface area contributed by atoms with Crippen molar-refractivity contribution in [3.8, 4) is 0 Å². The molecule has 2 N–H and O–H groups in total. The topological polar surface area (TPSA) is 61.4 Å². The second-order valence-electron chi connectivity index (χ2n) is 6.03. The second-order valence-corrected chi connectivity index (χ2v) is 6.03. The van der Waals surface area contributed by atoms with Gasteiger partial charge in [-0.3, -0.25) is 9.59 Å². The molecule has 2 amide bonds. The Bertz CT molecular complexity index is 585. The molecule has 3 rings (SSSR count). The van der Waals surface area contributed by atoms with Crippen LogP contribution in [-0.2, 0) is 16.0 Å². The molecule has 1 fully saturated rings. The Hall–Kier alpha value is -1.59. The molecule has 0 aromatic heterocycles. The van der Waals surface area contributed by atoms with Gasteiger partial charge in [-0.15, -0.1) is 12.4 Å². The predicted molar refractivity (Wildman–Crippen MR) is 94.3 cm³/mol. The van der Waals surface area contributed by atoms with Crippen LogP contribution in [0.4, 0.5) is 11.4 Å². The van der Waals surface area contributed by atoms with Gasteiger partial charge < -0.3 is 15.5 Å². The van der Waals surface area contributed by atoms with Gasteiger partial charge in [-0.25, -0.2) is 0 Å². The Morgan fingerprint density at radius 3 is 2.91 bits per heavy atom. The van der Waals surface area contributed by atoms with Gasteiger partial charge in [0, 0.05) is 24.3 Å². The average molecular weight is 338 g/mol. The smallest absolute Gasteiger partial charge is 0.241 e. The zero-order chi connectivity index (χ0) is 15.5. The summed E-state index contributed by atoms with van der Waals surface area (Å²) in [4.78, 5) is 26.1. The van der Waals surface area contributed by atoms with Crippen LogP contribution in [0.15, 0.2) is 18.2 Å². The fourth-order valence-corrected chi connectivity index (χ4v) is 3.24. The lowest BCUT2D eigenvalue weighted by atomic mass is 10.00. The molecule has 2 aliphatic rings. The molecule has 0 spiro atoms. The lowest BCUT2D eigenvalue weighted by Crippen LogP contribution is -2.36. The van der Waals surface area contributed by atoms with E-state index in [0.29, 0.717) is 6.42 Å². The number of hydrogen-bond acceptors (Lipinski definition) is 3. The van der Waals surface area contributed by atoms with Crippen LogP contribution in [0.1, 0.15) is 38.2 Å². The molecule has 6 heteroatoms. The molecule has 0 saturated carbocycles. The maximum absolute atomic E-state index is 12.2. The molecule has 0 bridgehead atoms. The standard InChI is InChI=1S/C17H23N3O2.ClH/c1-2-10-20-15-7-6-13(11-12(15)5-8-16(20)21)19-17(22)14-4-3-9-18-14;/h6-7,11,14,18H,2-5,8-10H2,1H3,(H,19,22);1H. The van der Waals surface area contributed by atoms with Crippen molar-refractivity contribution in [3.05, 3.63) is 23.8 Å². The molecule has 2 heterocycles. The lowest BCUT2D eigenvalue weighted by Gasteiger charge is -2.29. The Morgan fingerprint density at radius 2 is 2.22 bits per heavy atom. The molecule has 1 unspecified atom stereocenters. The van der Waals surface area contributed by atoms with Crippen LogP contribution >= 0.6 is 12.4 Å². The van der Waals surface area contributed by atoms with E-state index in [4.69, 9.17) is 0 Å². The van der Waals surface area contributed by atoms with E-state index >= 15 is 0 Å². The summed E-state index contributed by atoms with van der Waals surface area (Å²) in [7, 11) is 0. The van der Waals surface area contributed by atoms with Gasteiger partial charge in [-0.05, 0) is 56.0 Å². The number of nitrogens with one attached hydrogen (secondary N) is 2. The van der Waals surface area contributed by atoms with Gasteiger partial charge in [-0.2, -0.15) is 0 Å². The SMILES string of the molecule is CCCN1C(=O)CCc2cc(NC(=O)C3CCCN3)ccc21.Cl. The quantitative estimate of drug-likeness (QED) is 0.887. The van der Waals surface area contributed by atoms with Crippen LogP contribution in [0.25, 0.3) is 0 Å². The highest BCUT2D eigenvalue weighted by Crippen LogP contribution is 2.30. The first kappa shape index (κ1) is 17.8. The predicted octanol–water partition coefficient (Wildman–Crippen LogP) is 2.49. The highest BCUT2D eigenvalue weighted by molar-refractivity contribution is 5.98. The van der Waals surface area contributed by atoms with E-state index in [9.17, 15) is 9.59 Å². The largest absolute Gasteiger partial charge is 0.325 e. The van der Waals surface area contributed by atoms with E-state index in [2.05, 4.69) is 17.6 Å². The third kappa shape index (κ3) is 3.85. The number of benzene rings is 1. The summed E-state index contributed by atoms with van der Waals surface area (Å²) in [5, 5.41) is 6.19. The van der Waals surface area contributed by atoms with Gasteiger partial charge in [0.05, 0.1) is 6.04 Å². The van der Waals surface area contributed by atoms with E-state index in [1.807, 2.05) is 23.1 Å². The second kappa shape index (κ2) is 7.79. The van der Waals surface area contributed by atoms with Crippen molar-refractivity contribution < 1.29 is 9.59 Å². The monoisotopic (exact) mass is 337 g/mol. The zero-order valence-electron chi connectivity index (χ0n) is 13.4. The molecule has 23 heavy (non-hydrogen) atoms. The summed E-state index contributed by atoms with van der Waals surface area (Å²) >= 11 is 0. The third-order valence-electron chi connectivity index (χ3n) is 4.37. The minimum atomic E-state index is -0.0748. The number of nitrogens with zero attached hydrogens (tertiary/aromatic N) is 1. The molecule has 1 saturated heterocycles. The van der Waals surface area contributed by atoms with Crippen molar-refractivity contribution in [2.45, 2.75) is 45.1 Å². The van der Waals surface area contributed by atoms with Crippen LogP contribution in [0, 0.1) is 0 Å². The summed E-state index contributed by atoms with van der Waals surface area (Å²) in [6.07, 6.45) is 4.19. The van der Waals surface area contributed by atoms with Crippen LogP contribution < -0.4 is 15.5 Å². The Balaban J connectivity index is 0.00000192. The number of anilines is 2. The Morgan fingerprint density at radius 1 is 1.39 bits per heavy atom. The van der Waals surface area contributed by atoms with Crippen molar-refractivity contribution in [1.82, 2.24) is 5.32 Å². The number of carbonyl (C=O) groups is 2. The fourth-order valence-electron chi connectivity index (χ4n) is 3.24. The summed E-state index contributed by atoms with van der Waals surface area (Å²) in [6.45, 7) is 3.74. The van der Waals surface area contributed by atoms with Gasteiger partial charge in [0.2, 0.25) is 11.8 Å². The minimum absolute atomic E-state index is 0.